The Morgan fingerprint density at radius 1 is 1.04 bits per heavy atom. The third-order valence-corrected chi connectivity index (χ3v) is 9.80. The number of hydrogen-bond acceptors (Lipinski definition) is 3. The van der Waals surface area contributed by atoms with E-state index in [0.717, 1.165) is 30.6 Å². The van der Waals surface area contributed by atoms with Crippen LogP contribution in [0.25, 0.3) is 0 Å². The van der Waals surface area contributed by atoms with Crippen molar-refractivity contribution < 1.29 is 9.90 Å². The molecule has 6 unspecified atom stereocenters. The van der Waals surface area contributed by atoms with Crippen molar-refractivity contribution in [2.45, 2.75) is 71.3 Å². The van der Waals surface area contributed by atoms with Crippen LogP contribution in [0.4, 0.5) is 0 Å². The lowest BCUT2D eigenvalue weighted by atomic mass is 9.47. The summed E-state index contributed by atoms with van der Waals surface area (Å²) in [6.07, 6.45) is 15.7. The molecule has 140 valence electrons. The molecule has 0 amide bonds. The van der Waals surface area contributed by atoms with Gasteiger partial charge < -0.3 is 5.11 Å². The molecular formula is C23H30O2S. The van der Waals surface area contributed by atoms with Gasteiger partial charge in [0.15, 0.2) is 0 Å². The summed E-state index contributed by atoms with van der Waals surface area (Å²) < 4.78 is 0. The summed E-state index contributed by atoms with van der Waals surface area (Å²) in [7, 11) is 0. The number of aliphatic hydroxyl groups excluding tert-OH is 1. The number of carbonyl (C=O) groups excluding carboxylic acids is 1. The third kappa shape index (κ3) is 2.32. The van der Waals surface area contributed by atoms with Crippen LogP contribution < -0.4 is 0 Å². The minimum absolute atomic E-state index is 0.0791. The molecule has 0 aromatic carbocycles. The number of carbonyl (C=O) groups is 1. The van der Waals surface area contributed by atoms with Crippen LogP contribution >= 0.6 is 11.8 Å². The van der Waals surface area contributed by atoms with Gasteiger partial charge in [-0.2, -0.15) is 0 Å². The van der Waals surface area contributed by atoms with Crippen molar-refractivity contribution in [1.29, 1.82) is 0 Å². The van der Waals surface area contributed by atoms with E-state index < -0.39 is 0 Å². The highest BCUT2D eigenvalue weighted by Crippen LogP contribution is 2.65. The highest BCUT2D eigenvalue weighted by Gasteiger charge is 2.58. The zero-order valence-electron chi connectivity index (χ0n) is 16.0. The molecule has 0 aromatic heterocycles. The molecule has 1 heterocycles. The minimum Gasteiger partial charge on any atom is -0.393 e. The van der Waals surface area contributed by atoms with E-state index in [1.807, 2.05) is 6.08 Å². The van der Waals surface area contributed by atoms with E-state index in [2.05, 4.69) is 19.9 Å². The maximum atomic E-state index is 11.6. The van der Waals surface area contributed by atoms with Crippen LogP contribution in [-0.4, -0.2) is 16.3 Å². The summed E-state index contributed by atoms with van der Waals surface area (Å²) in [6.45, 7) is 4.89. The Kier molecular flexibility index (Phi) is 3.89. The van der Waals surface area contributed by atoms with Crippen LogP contribution in [0, 0.1) is 28.6 Å². The number of rotatable bonds is 0. The summed E-state index contributed by atoms with van der Waals surface area (Å²) in [5, 5.41) is 10.8. The van der Waals surface area contributed by atoms with E-state index >= 15 is 0 Å². The monoisotopic (exact) mass is 370 g/mol. The molecule has 3 fully saturated rings. The summed E-state index contributed by atoms with van der Waals surface area (Å²) in [4.78, 5) is 12.8. The van der Waals surface area contributed by atoms with Crippen molar-refractivity contribution in [1.82, 2.24) is 0 Å². The molecule has 0 spiro atoms. The number of allylic oxidation sites excluding steroid dienone is 4. The number of aliphatic hydroxyl groups is 1. The number of fused-ring (bicyclic) bond motifs is 5. The first-order valence-electron chi connectivity index (χ1n) is 10.4. The Labute approximate surface area is 161 Å². The van der Waals surface area contributed by atoms with Crippen LogP contribution in [-0.2, 0) is 4.79 Å². The molecule has 3 heteroatoms. The van der Waals surface area contributed by atoms with Crippen molar-refractivity contribution in [3.8, 4) is 0 Å². The zero-order valence-corrected chi connectivity index (χ0v) is 16.8. The van der Waals surface area contributed by atoms with Gasteiger partial charge in [0.05, 0.1) is 6.10 Å². The maximum Gasteiger partial charge on any atom is 0.216 e. The molecule has 0 bridgehead atoms. The Morgan fingerprint density at radius 3 is 2.65 bits per heavy atom. The van der Waals surface area contributed by atoms with Gasteiger partial charge in [0, 0.05) is 4.91 Å². The lowest BCUT2D eigenvalue weighted by Crippen LogP contribution is -2.50. The predicted molar refractivity (Wildman–Crippen MR) is 106 cm³/mol. The summed E-state index contributed by atoms with van der Waals surface area (Å²) >= 11 is 1.40. The lowest BCUT2D eigenvalue weighted by Gasteiger charge is -2.58. The van der Waals surface area contributed by atoms with E-state index in [1.165, 1.54) is 60.8 Å². The summed E-state index contributed by atoms with van der Waals surface area (Å²) in [5.74, 6) is 2.30. The van der Waals surface area contributed by atoms with E-state index in [4.69, 9.17) is 0 Å². The second kappa shape index (κ2) is 5.85. The zero-order chi connectivity index (χ0) is 18.1. The van der Waals surface area contributed by atoms with Crippen molar-refractivity contribution in [3.05, 3.63) is 34.3 Å². The third-order valence-electron chi connectivity index (χ3n) is 8.85. The quantitative estimate of drug-likeness (QED) is 0.621. The molecule has 3 saturated carbocycles. The Hall–Kier alpha value is -0.800. The normalized spacial score (nSPS) is 50.3. The van der Waals surface area contributed by atoms with Gasteiger partial charge in [0.2, 0.25) is 5.12 Å². The van der Waals surface area contributed by atoms with Gasteiger partial charge in [0.25, 0.3) is 0 Å². The first-order chi connectivity index (χ1) is 12.4. The first-order valence-corrected chi connectivity index (χ1v) is 11.3. The number of hydrogen-bond donors (Lipinski definition) is 1. The van der Waals surface area contributed by atoms with Crippen LogP contribution in [0.3, 0.4) is 0 Å². The van der Waals surface area contributed by atoms with Crippen molar-refractivity contribution in [2.24, 2.45) is 28.6 Å². The van der Waals surface area contributed by atoms with E-state index in [1.54, 1.807) is 11.6 Å². The van der Waals surface area contributed by atoms with Crippen LogP contribution in [0.15, 0.2) is 34.3 Å². The van der Waals surface area contributed by atoms with E-state index in [0.29, 0.717) is 5.41 Å². The highest BCUT2D eigenvalue weighted by atomic mass is 32.2. The molecule has 6 atom stereocenters. The predicted octanol–water partition coefficient (Wildman–Crippen LogP) is 5.39. The van der Waals surface area contributed by atoms with Gasteiger partial charge >= 0.3 is 0 Å². The fraction of sp³-hybridized carbons (Fsp3) is 0.696. The van der Waals surface area contributed by atoms with Gasteiger partial charge in [-0.15, -0.1) is 0 Å². The smallest absolute Gasteiger partial charge is 0.216 e. The fourth-order valence-corrected chi connectivity index (χ4v) is 8.03. The van der Waals surface area contributed by atoms with Gasteiger partial charge in [-0.1, -0.05) is 25.5 Å². The summed E-state index contributed by atoms with van der Waals surface area (Å²) in [6, 6.07) is 0. The van der Waals surface area contributed by atoms with Crippen molar-refractivity contribution in [2.75, 3.05) is 0 Å². The largest absolute Gasteiger partial charge is 0.393 e. The number of thioether (sulfide) groups is 1. The molecular weight excluding hydrogens is 340 g/mol. The van der Waals surface area contributed by atoms with Gasteiger partial charge in [-0.3, -0.25) is 4.79 Å². The highest BCUT2D eigenvalue weighted by molar-refractivity contribution is 8.17. The Balaban J connectivity index is 1.47. The van der Waals surface area contributed by atoms with E-state index in [9.17, 15) is 9.90 Å². The van der Waals surface area contributed by atoms with Gasteiger partial charge in [-0.25, -0.2) is 0 Å². The summed E-state index contributed by atoms with van der Waals surface area (Å²) in [5.41, 5.74) is 3.54. The molecule has 5 rings (SSSR count). The second-order valence-electron chi connectivity index (χ2n) is 9.78. The van der Waals surface area contributed by atoms with Crippen LogP contribution in [0.2, 0.25) is 0 Å². The SMILES string of the molecule is CC12CCC(=C3C=CC(=O)S3)C=C1CCC1C2CCC2(C)C(O)CCC12. The maximum absolute atomic E-state index is 11.6. The molecule has 1 aliphatic heterocycles. The molecule has 26 heavy (non-hydrogen) atoms. The molecule has 2 nitrogen and oxygen atoms in total. The van der Waals surface area contributed by atoms with E-state index in [-0.39, 0.29) is 16.6 Å². The average Bonchev–Trinajstić information content (AvgIpc) is 3.18. The fourth-order valence-electron chi connectivity index (χ4n) is 7.25. The van der Waals surface area contributed by atoms with Gasteiger partial charge in [0.1, 0.15) is 0 Å². The molecule has 0 radical (unpaired) electrons. The molecule has 4 aliphatic carbocycles. The van der Waals surface area contributed by atoms with Crippen LogP contribution in [0.5, 0.6) is 0 Å². The topological polar surface area (TPSA) is 37.3 Å². The molecule has 1 N–H and O–H groups in total. The Morgan fingerprint density at radius 2 is 1.88 bits per heavy atom. The standard InChI is InChI=1S/C23H30O2S/c1-22-11-9-14(19-6-8-21(25)26-19)13-15(22)3-4-16-17-5-7-20(24)23(17,2)12-10-18(16)22/h6,8,13,16-18,20,24H,3-5,7,9-12H2,1-2H3. The lowest BCUT2D eigenvalue weighted by molar-refractivity contribution is -0.106. The van der Waals surface area contributed by atoms with Crippen LogP contribution in [0.1, 0.15) is 65.2 Å². The van der Waals surface area contributed by atoms with Crippen molar-refractivity contribution >= 4 is 16.9 Å². The second-order valence-corrected chi connectivity index (χ2v) is 10.8. The van der Waals surface area contributed by atoms with Gasteiger partial charge in [-0.05, 0) is 109 Å². The molecule has 0 saturated heterocycles. The Bertz CT molecular complexity index is 747. The van der Waals surface area contributed by atoms with Crippen molar-refractivity contribution in [3.63, 3.8) is 0 Å². The molecule has 5 aliphatic rings. The first kappa shape index (κ1) is 17.3. The average molecular weight is 371 g/mol. The molecule has 0 aromatic rings. The minimum atomic E-state index is -0.0791.